The van der Waals surface area contributed by atoms with Gasteiger partial charge in [0.25, 0.3) is 5.56 Å². The van der Waals surface area contributed by atoms with E-state index in [-0.39, 0.29) is 17.5 Å². The molecule has 0 saturated carbocycles. The summed E-state index contributed by atoms with van der Waals surface area (Å²) in [4.78, 5) is 37.8. The van der Waals surface area contributed by atoms with E-state index < -0.39 is 11.4 Å². The summed E-state index contributed by atoms with van der Waals surface area (Å²) in [5.41, 5.74) is 1.77. The predicted molar refractivity (Wildman–Crippen MR) is 122 cm³/mol. The Kier molecular flexibility index (Phi) is 6.95. The number of carbonyl (C=O) groups excluding carboxylic acids is 2. The van der Waals surface area contributed by atoms with Crippen LogP contribution in [0.1, 0.15) is 26.3 Å². The molecule has 32 heavy (non-hydrogen) atoms. The molecule has 0 aliphatic rings. The number of nitrogens with one attached hydrogen (secondary N) is 2. The van der Waals surface area contributed by atoms with Crippen LogP contribution in [0.15, 0.2) is 47.3 Å². The van der Waals surface area contributed by atoms with Crippen LogP contribution in [0.2, 0.25) is 5.02 Å². The summed E-state index contributed by atoms with van der Waals surface area (Å²) >= 11 is 5.87. The standard InChI is InChI=1S/C23H22ClFN4O3/c1-4-21-22(23(32)29(27-21)18-8-9-20(25)19(24)11-18)14(2)28(13-30)12-16-6-5-7-17(10-16)26-15(3)31/h4-11,13,27H,12H2,1-3H3,(H,26,31)/b21-4+,22-14+. The second-order valence-electron chi connectivity index (χ2n) is 7.13. The minimum Gasteiger partial charge on any atom is -0.326 e. The molecule has 0 radical (unpaired) electrons. The normalized spacial score (nSPS) is 12.5. The number of amides is 2. The van der Waals surface area contributed by atoms with Crippen molar-refractivity contribution >= 4 is 41.4 Å². The summed E-state index contributed by atoms with van der Waals surface area (Å²) in [5, 5.41) is 6.38. The molecule has 0 aliphatic carbocycles. The third-order valence-corrected chi connectivity index (χ3v) is 5.18. The Bertz CT molecular complexity index is 1360. The molecule has 3 aromatic rings. The van der Waals surface area contributed by atoms with Crippen LogP contribution < -0.4 is 21.4 Å². The molecule has 0 spiro atoms. The second kappa shape index (κ2) is 9.65. The molecular weight excluding hydrogens is 435 g/mol. The van der Waals surface area contributed by atoms with Gasteiger partial charge in [-0.05, 0) is 49.7 Å². The number of H-pyrrole nitrogens is 1. The Morgan fingerprint density at radius 1 is 1.25 bits per heavy atom. The zero-order valence-electron chi connectivity index (χ0n) is 17.8. The maximum Gasteiger partial charge on any atom is 0.280 e. The second-order valence-corrected chi connectivity index (χ2v) is 7.54. The lowest BCUT2D eigenvalue weighted by Gasteiger charge is -2.18. The molecule has 0 aliphatic heterocycles. The smallest absolute Gasteiger partial charge is 0.280 e. The quantitative estimate of drug-likeness (QED) is 0.559. The summed E-state index contributed by atoms with van der Waals surface area (Å²) in [6.45, 7) is 5.03. The first-order valence-electron chi connectivity index (χ1n) is 9.77. The highest BCUT2D eigenvalue weighted by Crippen LogP contribution is 2.17. The van der Waals surface area contributed by atoms with Gasteiger partial charge in [-0.1, -0.05) is 29.8 Å². The highest BCUT2D eigenvalue weighted by molar-refractivity contribution is 6.30. The van der Waals surface area contributed by atoms with Gasteiger partial charge in [0, 0.05) is 18.3 Å². The molecule has 0 bridgehead atoms. The Hall–Kier alpha value is -3.65. The van der Waals surface area contributed by atoms with Crippen molar-refractivity contribution in [3.05, 3.63) is 79.8 Å². The minimum absolute atomic E-state index is 0.109. The van der Waals surface area contributed by atoms with E-state index in [1.807, 2.05) is 6.07 Å². The highest BCUT2D eigenvalue weighted by Gasteiger charge is 2.14. The fourth-order valence-electron chi connectivity index (χ4n) is 3.34. The SMILES string of the molecule is C/C=c1/[nH]n(-c2ccc(F)c(Cl)c2)c(=O)/c1=C(\C)N(C=O)Cc1cccc(NC(C)=O)c1. The van der Waals surface area contributed by atoms with Crippen LogP contribution >= 0.6 is 11.6 Å². The summed E-state index contributed by atoms with van der Waals surface area (Å²) < 4.78 is 14.8. The van der Waals surface area contributed by atoms with Crippen molar-refractivity contribution in [2.75, 3.05) is 5.32 Å². The third-order valence-electron chi connectivity index (χ3n) is 4.89. The molecule has 2 aromatic carbocycles. The van der Waals surface area contributed by atoms with Gasteiger partial charge in [-0.15, -0.1) is 0 Å². The van der Waals surface area contributed by atoms with Gasteiger partial charge in [0.1, 0.15) is 5.82 Å². The zero-order valence-corrected chi connectivity index (χ0v) is 18.5. The molecule has 2 amide bonds. The molecule has 0 saturated heterocycles. The van der Waals surface area contributed by atoms with E-state index in [4.69, 9.17) is 11.6 Å². The summed E-state index contributed by atoms with van der Waals surface area (Å²) in [6, 6.07) is 11.0. The lowest BCUT2D eigenvalue weighted by atomic mass is 10.1. The van der Waals surface area contributed by atoms with Gasteiger partial charge in [-0.3, -0.25) is 19.5 Å². The van der Waals surface area contributed by atoms with Crippen molar-refractivity contribution in [1.29, 1.82) is 0 Å². The molecule has 166 valence electrons. The first-order valence-corrected chi connectivity index (χ1v) is 10.1. The van der Waals surface area contributed by atoms with Gasteiger partial charge in [0.15, 0.2) is 0 Å². The molecule has 1 aromatic heterocycles. The van der Waals surface area contributed by atoms with E-state index in [2.05, 4.69) is 10.4 Å². The number of aromatic amines is 1. The van der Waals surface area contributed by atoms with Crippen LogP contribution in [-0.4, -0.2) is 27.0 Å². The maximum absolute atomic E-state index is 13.5. The number of carbonyl (C=O) groups is 2. The van der Waals surface area contributed by atoms with Crippen molar-refractivity contribution in [2.24, 2.45) is 0 Å². The van der Waals surface area contributed by atoms with E-state index in [1.54, 1.807) is 38.1 Å². The number of hydrogen-bond acceptors (Lipinski definition) is 3. The molecule has 2 N–H and O–H groups in total. The first kappa shape index (κ1) is 23.0. The molecule has 0 atom stereocenters. The predicted octanol–water partition coefficient (Wildman–Crippen LogP) is 2.50. The number of anilines is 1. The van der Waals surface area contributed by atoms with E-state index in [1.165, 1.54) is 34.7 Å². The lowest BCUT2D eigenvalue weighted by molar-refractivity contribution is -0.116. The van der Waals surface area contributed by atoms with E-state index >= 15 is 0 Å². The van der Waals surface area contributed by atoms with Gasteiger partial charge in [0.2, 0.25) is 12.3 Å². The fourth-order valence-corrected chi connectivity index (χ4v) is 3.52. The number of rotatable bonds is 6. The van der Waals surface area contributed by atoms with E-state index in [9.17, 15) is 18.8 Å². The van der Waals surface area contributed by atoms with Gasteiger partial charge in [-0.2, -0.15) is 0 Å². The molecule has 0 fully saturated rings. The average molecular weight is 457 g/mol. The minimum atomic E-state index is -0.589. The van der Waals surface area contributed by atoms with Gasteiger partial charge in [0.05, 0.1) is 27.8 Å². The van der Waals surface area contributed by atoms with Gasteiger partial charge < -0.3 is 10.2 Å². The van der Waals surface area contributed by atoms with Crippen LogP contribution in [0.25, 0.3) is 17.5 Å². The number of halogens is 2. The first-order chi connectivity index (χ1) is 15.2. The Labute approximate surface area is 188 Å². The third kappa shape index (κ3) is 4.81. The van der Waals surface area contributed by atoms with Crippen molar-refractivity contribution < 1.29 is 14.0 Å². The highest BCUT2D eigenvalue weighted by atomic mass is 35.5. The van der Waals surface area contributed by atoms with Gasteiger partial charge in [-0.25, -0.2) is 9.07 Å². The molecule has 7 nitrogen and oxygen atoms in total. The van der Waals surface area contributed by atoms with Crippen LogP contribution in [0, 0.1) is 5.82 Å². The molecule has 1 heterocycles. The number of nitrogens with zero attached hydrogens (tertiary/aromatic N) is 2. The fraction of sp³-hybridized carbons (Fsp3) is 0.174. The summed E-state index contributed by atoms with van der Waals surface area (Å²) in [6.07, 6.45) is 2.35. The van der Waals surface area contributed by atoms with Crippen molar-refractivity contribution in [3.63, 3.8) is 0 Å². The lowest BCUT2D eigenvalue weighted by Crippen LogP contribution is -2.40. The van der Waals surface area contributed by atoms with Crippen LogP contribution in [-0.2, 0) is 16.1 Å². The van der Waals surface area contributed by atoms with Gasteiger partial charge >= 0.3 is 0 Å². The molecule has 0 unspecified atom stereocenters. The zero-order chi connectivity index (χ0) is 23.4. The Balaban J connectivity index is 2.08. The van der Waals surface area contributed by atoms with Crippen LogP contribution in [0.4, 0.5) is 10.1 Å². The number of benzene rings is 2. The summed E-state index contributed by atoms with van der Waals surface area (Å²) in [5.74, 6) is -0.789. The number of hydrogen-bond donors (Lipinski definition) is 2. The summed E-state index contributed by atoms with van der Waals surface area (Å²) in [7, 11) is 0. The van der Waals surface area contributed by atoms with Crippen molar-refractivity contribution in [3.8, 4) is 5.69 Å². The van der Waals surface area contributed by atoms with Crippen LogP contribution in [0.3, 0.4) is 0 Å². The largest absolute Gasteiger partial charge is 0.326 e. The molecular formula is C23H22ClFN4O3. The Morgan fingerprint density at radius 2 is 2.00 bits per heavy atom. The number of aromatic nitrogens is 2. The molecule has 3 rings (SSSR count). The average Bonchev–Trinajstić information content (AvgIpc) is 3.09. The molecule has 9 heteroatoms. The van der Waals surface area contributed by atoms with E-state index in [0.717, 1.165) is 5.56 Å². The maximum atomic E-state index is 13.5. The van der Waals surface area contributed by atoms with Crippen molar-refractivity contribution in [1.82, 2.24) is 14.7 Å². The topological polar surface area (TPSA) is 87.2 Å². The van der Waals surface area contributed by atoms with E-state index in [0.29, 0.717) is 34.0 Å². The van der Waals surface area contributed by atoms with Crippen molar-refractivity contribution in [2.45, 2.75) is 27.3 Å². The Morgan fingerprint density at radius 3 is 2.62 bits per heavy atom. The van der Waals surface area contributed by atoms with Crippen LogP contribution in [0.5, 0.6) is 0 Å². The monoisotopic (exact) mass is 456 g/mol.